The summed E-state index contributed by atoms with van der Waals surface area (Å²) in [5.41, 5.74) is 0.457. The Morgan fingerprint density at radius 1 is 1.53 bits per heavy atom. The molecule has 0 radical (unpaired) electrons. The first-order valence-corrected chi connectivity index (χ1v) is 5.38. The van der Waals surface area contributed by atoms with Gasteiger partial charge in [-0.3, -0.25) is 4.79 Å². The van der Waals surface area contributed by atoms with Crippen LogP contribution >= 0.6 is 15.9 Å². The van der Waals surface area contributed by atoms with Crippen LogP contribution in [0.3, 0.4) is 0 Å². The Kier molecular flexibility index (Phi) is 4.71. The van der Waals surface area contributed by atoms with Crippen molar-refractivity contribution in [3.05, 3.63) is 28.5 Å². The molecule has 1 rings (SSSR count). The highest BCUT2D eigenvalue weighted by Crippen LogP contribution is 2.18. The molecule has 1 aromatic rings. The first-order valence-electron chi connectivity index (χ1n) is 4.59. The van der Waals surface area contributed by atoms with E-state index < -0.39 is 5.82 Å². The molecule has 0 unspecified atom stereocenters. The summed E-state index contributed by atoms with van der Waals surface area (Å²) < 4.78 is 13.4. The van der Waals surface area contributed by atoms with Crippen molar-refractivity contribution in [2.75, 3.05) is 18.4 Å². The maximum atomic E-state index is 13.1. The minimum absolute atomic E-state index is 0.182. The number of nitrogens with one attached hydrogen (secondary N) is 2. The van der Waals surface area contributed by atoms with Crippen LogP contribution in [0.15, 0.2) is 22.7 Å². The van der Waals surface area contributed by atoms with Crippen molar-refractivity contribution in [3.63, 3.8) is 0 Å². The zero-order valence-corrected chi connectivity index (χ0v) is 9.90. The molecule has 0 bridgehead atoms. The molecule has 0 fully saturated rings. The first kappa shape index (κ1) is 12.1. The van der Waals surface area contributed by atoms with Crippen molar-refractivity contribution < 1.29 is 9.18 Å². The van der Waals surface area contributed by atoms with E-state index in [1.54, 1.807) is 12.1 Å². The fraction of sp³-hybridized carbons (Fsp3) is 0.300. The lowest BCUT2D eigenvalue weighted by atomic mass is 10.3. The third-order valence-electron chi connectivity index (χ3n) is 1.74. The number of hydrogen-bond acceptors (Lipinski definition) is 2. The SMILES string of the molecule is CCNCC(=O)Nc1ccc(Br)c(F)c1. The Labute approximate surface area is 96.2 Å². The van der Waals surface area contributed by atoms with Crippen LogP contribution in [0, 0.1) is 5.82 Å². The number of likely N-dealkylation sites (N-methyl/N-ethyl adjacent to an activating group) is 1. The summed E-state index contributed by atoms with van der Waals surface area (Å²) in [4.78, 5) is 11.3. The monoisotopic (exact) mass is 274 g/mol. The van der Waals surface area contributed by atoms with E-state index in [-0.39, 0.29) is 12.5 Å². The molecule has 1 amide bonds. The van der Waals surface area contributed by atoms with Gasteiger partial charge in [-0.1, -0.05) is 6.92 Å². The second-order valence-electron chi connectivity index (χ2n) is 2.96. The third kappa shape index (κ3) is 3.97. The van der Waals surface area contributed by atoms with Gasteiger partial charge in [-0.2, -0.15) is 0 Å². The molecule has 3 nitrogen and oxygen atoms in total. The van der Waals surface area contributed by atoms with E-state index in [1.807, 2.05) is 6.92 Å². The first-order chi connectivity index (χ1) is 7.13. The van der Waals surface area contributed by atoms with Crippen LogP contribution in [-0.4, -0.2) is 19.0 Å². The van der Waals surface area contributed by atoms with Crippen LogP contribution in [0.25, 0.3) is 0 Å². The Morgan fingerprint density at radius 2 is 2.27 bits per heavy atom. The Balaban J connectivity index is 2.57. The van der Waals surface area contributed by atoms with E-state index >= 15 is 0 Å². The lowest BCUT2D eigenvalue weighted by molar-refractivity contribution is -0.115. The molecule has 0 heterocycles. The maximum Gasteiger partial charge on any atom is 0.238 e. The third-order valence-corrected chi connectivity index (χ3v) is 2.38. The fourth-order valence-electron chi connectivity index (χ4n) is 1.02. The van der Waals surface area contributed by atoms with Gasteiger partial charge in [-0.15, -0.1) is 0 Å². The van der Waals surface area contributed by atoms with Gasteiger partial charge in [-0.25, -0.2) is 4.39 Å². The van der Waals surface area contributed by atoms with Crippen molar-refractivity contribution in [2.24, 2.45) is 0 Å². The zero-order chi connectivity index (χ0) is 11.3. The summed E-state index contributed by atoms with van der Waals surface area (Å²) in [5.74, 6) is -0.574. The van der Waals surface area contributed by atoms with Crippen LogP contribution in [0.2, 0.25) is 0 Å². The van der Waals surface area contributed by atoms with Crippen molar-refractivity contribution >= 4 is 27.5 Å². The minimum atomic E-state index is -0.392. The largest absolute Gasteiger partial charge is 0.325 e. The average molecular weight is 275 g/mol. The van der Waals surface area contributed by atoms with Gasteiger partial charge in [0.1, 0.15) is 5.82 Å². The number of carbonyl (C=O) groups is 1. The molecule has 0 aliphatic heterocycles. The normalized spacial score (nSPS) is 10.1. The number of rotatable bonds is 4. The summed E-state index contributed by atoms with van der Waals surface area (Å²) in [6, 6.07) is 4.46. The highest BCUT2D eigenvalue weighted by atomic mass is 79.9. The molecule has 2 N–H and O–H groups in total. The van der Waals surface area contributed by atoms with Crippen molar-refractivity contribution in [2.45, 2.75) is 6.92 Å². The van der Waals surface area contributed by atoms with Crippen LogP contribution < -0.4 is 10.6 Å². The van der Waals surface area contributed by atoms with Gasteiger partial charge in [0.2, 0.25) is 5.91 Å². The summed E-state index contributed by atoms with van der Waals surface area (Å²) >= 11 is 3.04. The highest BCUT2D eigenvalue weighted by molar-refractivity contribution is 9.10. The van der Waals surface area contributed by atoms with Crippen LogP contribution in [0.1, 0.15) is 6.92 Å². The van der Waals surface area contributed by atoms with E-state index in [2.05, 4.69) is 26.6 Å². The number of hydrogen-bond donors (Lipinski definition) is 2. The van der Waals surface area contributed by atoms with Gasteiger partial charge in [0, 0.05) is 5.69 Å². The van der Waals surface area contributed by atoms with E-state index in [0.29, 0.717) is 10.2 Å². The van der Waals surface area contributed by atoms with Gasteiger partial charge >= 0.3 is 0 Å². The van der Waals surface area contributed by atoms with Gasteiger partial charge in [0.25, 0.3) is 0 Å². The number of amides is 1. The van der Waals surface area contributed by atoms with Gasteiger partial charge < -0.3 is 10.6 Å². The Bertz CT molecular complexity index is 357. The smallest absolute Gasteiger partial charge is 0.238 e. The summed E-state index contributed by atoms with van der Waals surface area (Å²) in [5, 5.41) is 5.46. The molecule has 5 heteroatoms. The second-order valence-corrected chi connectivity index (χ2v) is 3.81. The summed E-state index contributed by atoms with van der Waals surface area (Å²) in [6.07, 6.45) is 0. The molecule has 0 spiro atoms. The van der Waals surface area contributed by atoms with Crippen LogP contribution in [0.4, 0.5) is 10.1 Å². The van der Waals surface area contributed by atoms with Gasteiger partial charge in [-0.05, 0) is 40.7 Å². The predicted molar refractivity (Wildman–Crippen MR) is 61.3 cm³/mol. The summed E-state index contributed by atoms with van der Waals surface area (Å²) in [7, 11) is 0. The van der Waals surface area contributed by atoms with E-state index in [4.69, 9.17) is 0 Å². The molecule has 1 aromatic carbocycles. The summed E-state index contributed by atoms with van der Waals surface area (Å²) in [6.45, 7) is 2.86. The molecular formula is C10H12BrFN2O. The molecule has 0 aromatic heterocycles. The molecule has 0 saturated carbocycles. The van der Waals surface area contributed by atoms with E-state index in [9.17, 15) is 9.18 Å². The van der Waals surface area contributed by atoms with E-state index in [0.717, 1.165) is 6.54 Å². The van der Waals surface area contributed by atoms with E-state index in [1.165, 1.54) is 6.07 Å². The van der Waals surface area contributed by atoms with Crippen molar-refractivity contribution in [3.8, 4) is 0 Å². The van der Waals surface area contributed by atoms with Crippen molar-refractivity contribution in [1.29, 1.82) is 0 Å². The second kappa shape index (κ2) is 5.82. The standard InChI is InChI=1S/C10H12BrFN2O/c1-2-13-6-10(15)14-7-3-4-8(11)9(12)5-7/h3-5,13H,2,6H2,1H3,(H,14,15). The quantitative estimate of drug-likeness (QED) is 0.883. The lowest BCUT2D eigenvalue weighted by Gasteiger charge is -2.05. The Morgan fingerprint density at radius 3 is 2.87 bits per heavy atom. The topological polar surface area (TPSA) is 41.1 Å². The average Bonchev–Trinajstić information content (AvgIpc) is 2.20. The molecule has 0 atom stereocenters. The fourth-order valence-corrected chi connectivity index (χ4v) is 1.26. The molecular weight excluding hydrogens is 263 g/mol. The molecule has 0 aliphatic carbocycles. The molecule has 0 aliphatic rings. The minimum Gasteiger partial charge on any atom is -0.325 e. The molecule has 15 heavy (non-hydrogen) atoms. The van der Waals surface area contributed by atoms with Crippen molar-refractivity contribution in [1.82, 2.24) is 5.32 Å². The maximum absolute atomic E-state index is 13.1. The predicted octanol–water partition coefficient (Wildman–Crippen LogP) is 2.14. The number of anilines is 1. The number of halogens is 2. The molecule has 82 valence electrons. The van der Waals surface area contributed by atoms with Crippen LogP contribution in [-0.2, 0) is 4.79 Å². The highest BCUT2D eigenvalue weighted by Gasteiger charge is 2.04. The Hall–Kier alpha value is -0.940. The zero-order valence-electron chi connectivity index (χ0n) is 8.31. The van der Waals surface area contributed by atoms with Crippen LogP contribution in [0.5, 0.6) is 0 Å². The van der Waals surface area contributed by atoms with Gasteiger partial charge in [0.15, 0.2) is 0 Å². The van der Waals surface area contributed by atoms with Gasteiger partial charge in [0.05, 0.1) is 11.0 Å². The lowest BCUT2D eigenvalue weighted by Crippen LogP contribution is -2.27. The number of carbonyl (C=O) groups excluding carboxylic acids is 1. The molecule has 0 saturated heterocycles. The number of benzene rings is 1.